The minimum Gasteiger partial charge on any atom is -0.426 e. The number of carbonyl (C=O) groups excluding carboxylic acids is 1. The monoisotopic (exact) mass is 523 g/mol. The summed E-state index contributed by atoms with van der Waals surface area (Å²) in [5, 5.41) is 0. The van der Waals surface area contributed by atoms with Gasteiger partial charge >= 0.3 is 5.97 Å². The lowest BCUT2D eigenvalue weighted by atomic mass is 10.1. The molecule has 4 aromatic rings. The van der Waals surface area contributed by atoms with E-state index in [4.69, 9.17) is 4.74 Å². The minimum absolute atomic E-state index is 0.216. The van der Waals surface area contributed by atoms with Crippen molar-refractivity contribution in [2.75, 3.05) is 0 Å². The number of esters is 1. The summed E-state index contributed by atoms with van der Waals surface area (Å²) in [7, 11) is -0.216. The summed E-state index contributed by atoms with van der Waals surface area (Å²) in [5.41, 5.74) is 0.939. The SMILES string of the molecule is O=C(Oc1ccc([S+](c2ccccc2)c2ccccc2)cc1)C(I)c1ccccc1. The highest BCUT2D eigenvalue weighted by molar-refractivity contribution is 14.1. The predicted octanol–water partition coefficient (Wildman–Crippen LogP) is 6.86. The van der Waals surface area contributed by atoms with Crippen LogP contribution in [0, 0.1) is 0 Å². The van der Waals surface area contributed by atoms with Gasteiger partial charge in [0.25, 0.3) is 0 Å². The molecule has 4 aromatic carbocycles. The molecule has 0 aliphatic heterocycles. The third-order valence-corrected chi connectivity index (χ3v) is 7.99. The summed E-state index contributed by atoms with van der Waals surface area (Å²) in [4.78, 5) is 16.2. The molecule has 0 fully saturated rings. The summed E-state index contributed by atoms with van der Waals surface area (Å²) in [6.07, 6.45) is 0. The highest BCUT2D eigenvalue weighted by Gasteiger charge is 2.28. The highest BCUT2D eigenvalue weighted by Crippen LogP contribution is 2.32. The Labute approximate surface area is 193 Å². The third kappa shape index (κ3) is 4.94. The molecular formula is C26H20IO2S+. The van der Waals surface area contributed by atoms with Crippen molar-refractivity contribution in [3.8, 4) is 5.75 Å². The minimum atomic E-state index is -0.341. The van der Waals surface area contributed by atoms with Crippen LogP contribution in [0.4, 0.5) is 0 Å². The van der Waals surface area contributed by atoms with Crippen LogP contribution in [0.5, 0.6) is 5.75 Å². The van der Waals surface area contributed by atoms with E-state index in [1.165, 1.54) is 14.7 Å². The molecule has 0 amide bonds. The van der Waals surface area contributed by atoms with Crippen molar-refractivity contribution in [2.24, 2.45) is 0 Å². The van der Waals surface area contributed by atoms with Gasteiger partial charge in [-0.15, -0.1) is 0 Å². The van der Waals surface area contributed by atoms with Crippen molar-refractivity contribution < 1.29 is 9.53 Å². The molecule has 0 saturated carbocycles. The van der Waals surface area contributed by atoms with Crippen LogP contribution in [0.25, 0.3) is 0 Å². The van der Waals surface area contributed by atoms with Crippen LogP contribution in [-0.2, 0) is 15.7 Å². The quantitative estimate of drug-likeness (QED) is 0.0908. The first-order chi connectivity index (χ1) is 14.7. The van der Waals surface area contributed by atoms with Crippen LogP contribution in [0.3, 0.4) is 0 Å². The number of halogens is 1. The maximum Gasteiger partial charge on any atom is 0.328 e. The van der Waals surface area contributed by atoms with Gasteiger partial charge in [-0.25, -0.2) is 0 Å². The molecule has 0 spiro atoms. The predicted molar refractivity (Wildman–Crippen MR) is 130 cm³/mol. The molecule has 4 rings (SSSR count). The molecule has 0 bridgehead atoms. The Morgan fingerprint density at radius 2 is 1.07 bits per heavy atom. The number of hydrogen-bond acceptors (Lipinski definition) is 2. The maximum atomic E-state index is 12.5. The Bertz CT molecular complexity index is 1040. The van der Waals surface area contributed by atoms with Crippen molar-refractivity contribution in [1.29, 1.82) is 0 Å². The van der Waals surface area contributed by atoms with Crippen molar-refractivity contribution in [2.45, 2.75) is 18.6 Å². The van der Waals surface area contributed by atoms with E-state index in [-0.39, 0.29) is 20.8 Å². The normalized spacial score (nSPS) is 11.8. The molecule has 0 aromatic heterocycles. The summed E-state index contributed by atoms with van der Waals surface area (Å²) < 4.78 is 5.29. The number of alkyl halides is 1. The van der Waals surface area contributed by atoms with E-state index in [2.05, 4.69) is 83.3 Å². The van der Waals surface area contributed by atoms with Gasteiger partial charge in [-0.2, -0.15) is 0 Å². The molecule has 0 aliphatic carbocycles. The van der Waals surface area contributed by atoms with E-state index in [0.29, 0.717) is 5.75 Å². The van der Waals surface area contributed by atoms with Crippen LogP contribution in [0.2, 0.25) is 0 Å². The smallest absolute Gasteiger partial charge is 0.328 e. The Kier molecular flexibility index (Phi) is 6.87. The van der Waals surface area contributed by atoms with Crippen molar-refractivity contribution in [1.82, 2.24) is 0 Å². The Hall–Kier alpha value is -2.57. The standard InChI is InChI=1S/C26H20IO2S/c27-25(20-10-4-1-5-11-20)26(28)29-21-16-18-24(19-17-21)30(22-12-6-2-7-13-22)23-14-8-3-9-15-23/h1-19,25H/q+1. The topological polar surface area (TPSA) is 26.3 Å². The zero-order chi connectivity index (χ0) is 20.8. The molecule has 4 heteroatoms. The summed E-state index contributed by atoms with van der Waals surface area (Å²) in [6, 6.07) is 38.5. The second kappa shape index (κ2) is 9.96. The van der Waals surface area contributed by atoms with Gasteiger partial charge < -0.3 is 4.74 Å². The van der Waals surface area contributed by atoms with Crippen molar-refractivity contribution in [3.63, 3.8) is 0 Å². The second-order valence-corrected chi connectivity index (χ2v) is 9.87. The van der Waals surface area contributed by atoms with Crippen LogP contribution in [0.1, 0.15) is 9.49 Å². The zero-order valence-corrected chi connectivity index (χ0v) is 19.1. The molecule has 0 N–H and O–H groups in total. The lowest BCUT2D eigenvalue weighted by molar-refractivity contribution is -0.133. The van der Waals surface area contributed by atoms with Gasteiger partial charge in [-0.3, -0.25) is 4.79 Å². The van der Waals surface area contributed by atoms with Crippen LogP contribution in [-0.4, -0.2) is 5.97 Å². The van der Waals surface area contributed by atoms with Crippen LogP contribution >= 0.6 is 22.6 Å². The Morgan fingerprint density at radius 3 is 1.57 bits per heavy atom. The number of ether oxygens (including phenoxy) is 1. The second-order valence-electron chi connectivity index (χ2n) is 6.60. The first-order valence-electron chi connectivity index (χ1n) is 9.57. The Balaban J connectivity index is 1.56. The molecule has 2 nitrogen and oxygen atoms in total. The molecule has 30 heavy (non-hydrogen) atoms. The third-order valence-electron chi connectivity index (χ3n) is 4.53. The average molecular weight is 523 g/mol. The summed E-state index contributed by atoms with van der Waals surface area (Å²) in [6.45, 7) is 0. The Morgan fingerprint density at radius 1 is 0.633 bits per heavy atom. The molecule has 1 atom stereocenters. The van der Waals surface area contributed by atoms with E-state index >= 15 is 0 Å². The number of carbonyl (C=O) groups is 1. The van der Waals surface area contributed by atoms with E-state index in [0.717, 1.165) is 5.56 Å². The first kappa shape index (κ1) is 20.7. The molecule has 148 valence electrons. The maximum absolute atomic E-state index is 12.5. The van der Waals surface area contributed by atoms with E-state index in [1.807, 2.05) is 54.6 Å². The van der Waals surface area contributed by atoms with Gasteiger partial charge in [0.1, 0.15) is 9.67 Å². The average Bonchev–Trinajstić information content (AvgIpc) is 2.82. The molecule has 0 heterocycles. The summed E-state index contributed by atoms with van der Waals surface area (Å²) >= 11 is 2.12. The number of benzene rings is 4. The van der Waals surface area contributed by atoms with E-state index in [9.17, 15) is 4.79 Å². The van der Waals surface area contributed by atoms with Crippen molar-refractivity contribution >= 4 is 39.5 Å². The van der Waals surface area contributed by atoms with Crippen LogP contribution < -0.4 is 4.74 Å². The lowest BCUT2D eigenvalue weighted by Gasteiger charge is -2.11. The molecule has 0 radical (unpaired) electrons. The first-order valence-corrected chi connectivity index (χ1v) is 12.0. The van der Waals surface area contributed by atoms with Gasteiger partial charge in [0.2, 0.25) is 0 Å². The van der Waals surface area contributed by atoms with Gasteiger partial charge in [0, 0.05) is 0 Å². The van der Waals surface area contributed by atoms with E-state index < -0.39 is 0 Å². The molecule has 0 saturated heterocycles. The number of rotatable bonds is 6. The van der Waals surface area contributed by atoms with Gasteiger partial charge in [0.15, 0.2) is 14.7 Å². The fourth-order valence-corrected chi connectivity index (χ4v) is 5.72. The zero-order valence-electron chi connectivity index (χ0n) is 16.1. The fourth-order valence-electron chi connectivity index (χ4n) is 3.09. The molecular weight excluding hydrogens is 503 g/mol. The molecule has 1 unspecified atom stereocenters. The largest absolute Gasteiger partial charge is 0.426 e. The molecule has 0 aliphatic rings. The van der Waals surface area contributed by atoms with Crippen LogP contribution in [0.15, 0.2) is 130 Å². The van der Waals surface area contributed by atoms with Crippen molar-refractivity contribution in [3.05, 3.63) is 121 Å². The fraction of sp³-hybridized carbons (Fsp3) is 0.0385. The summed E-state index contributed by atoms with van der Waals surface area (Å²) in [5.74, 6) is 0.297. The van der Waals surface area contributed by atoms with Gasteiger partial charge in [0.05, 0.1) is 10.9 Å². The highest BCUT2D eigenvalue weighted by atomic mass is 127. The van der Waals surface area contributed by atoms with Gasteiger partial charge in [-0.1, -0.05) is 89.3 Å². The number of hydrogen-bond donors (Lipinski definition) is 0. The van der Waals surface area contributed by atoms with Gasteiger partial charge in [-0.05, 0) is 54.1 Å². The van der Waals surface area contributed by atoms with E-state index in [1.54, 1.807) is 0 Å². The lowest BCUT2D eigenvalue weighted by Crippen LogP contribution is -2.14.